The molecule has 1 heterocycles. The monoisotopic (exact) mass is 322 g/mol. The van der Waals surface area contributed by atoms with Gasteiger partial charge in [-0.15, -0.1) is 0 Å². The number of hydrogen-bond donors (Lipinski definition) is 1. The van der Waals surface area contributed by atoms with E-state index in [1.165, 1.54) is 10.5 Å². The number of rotatable bonds is 4. The zero-order chi connectivity index (χ0) is 13.0. The van der Waals surface area contributed by atoms with Crippen LogP contribution in [0.4, 0.5) is 0 Å². The smallest absolute Gasteiger partial charge is 0.101 e. The summed E-state index contributed by atoms with van der Waals surface area (Å²) in [6.07, 6.45) is 1.86. The minimum absolute atomic E-state index is 0.339. The molecule has 0 amide bonds. The van der Waals surface area contributed by atoms with E-state index in [0.717, 1.165) is 9.50 Å². The third-order valence-corrected chi connectivity index (χ3v) is 4.71. The van der Waals surface area contributed by atoms with E-state index >= 15 is 0 Å². The molecule has 18 heavy (non-hydrogen) atoms. The van der Waals surface area contributed by atoms with Crippen molar-refractivity contribution in [3.8, 4) is 0 Å². The van der Waals surface area contributed by atoms with Gasteiger partial charge < -0.3 is 5.32 Å². The average Bonchev–Trinajstić information content (AvgIpc) is 2.41. The molecule has 4 heteroatoms. The molecule has 2 aromatic rings. The van der Waals surface area contributed by atoms with Gasteiger partial charge in [0.25, 0.3) is 0 Å². The zero-order valence-corrected chi connectivity index (χ0v) is 12.8. The molecule has 0 bridgehead atoms. The second-order valence-electron chi connectivity index (χ2n) is 3.97. The molecule has 0 saturated carbocycles. The lowest BCUT2D eigenvalue weighted by molar-refractivity contribution is 0.649. The van der Waals surface area contributed by atoms with Crippen molar-refractivity contribution in [3.05, 3.63) is 52.6 Å². The van der Waals surface area contributed by atoms with Gasteiger partial charge in [-0.2, -0.15) is 0 Å². The first-order chi connectivity index (χ1) is 8.70. The van der Waals surface area contributed by atoms with Gasteiger partial charge in [0.15, 0.2) is 0 Å². The SMILES string of the molecule is CNC(C)c1ccnc(Sc2ccccc2Br)c1. The van der Waals surface area contributed by atoms with Crippen molar-refractivity contribution >= 4 is 27.7 Å². The molecule has 1 aromatic carbocycles. The van der Waals surface area contributed by atoms with Crippen molar-refractivity contribution in [1.29, 1.82) is 0 Å². The Kier molecular flexibility index (Phi) is 4.80. The highest BCUT2D eigenvalue weighted by atomic mass is 79.9. The maximum Gasteiger partial charge on any atom is 0.101 e. The Balaban J connectivity index is 2.22. The summed E-state index contributed by atoms with van der Waals surface area (Å²) in [6, 6.07) is 12.7. The average molecular weight is 323 g/mol. The predicted octanol–water partition coefficient (Wildman–Crippen LogP) is 4.28. The number of hydrogen-bond acceptors (Lipinski definition) is 3. The van der Waals surface area contributed by atoms with E-state index in [9.17, 15) is 0 Å². The molecular formula is C14H15BrN2S. The molecule has 0 aliphatic rings. The number of nitrogens with one attached hydrogen (secondary N) is 1. The highest BCUT2D eigenvalue weighted by molar-refractivity contribution is 9.10. The number of benzene rings is 1. The van der Waals surface area contributed by atoms with Crippen LogP contribution in [0.2, 0.25) is 0 Å². The lowest BCUT2D eigenvalue weighted by Gasteiger charge is -2.11. The third-order valence-electron chi connectivity index (χ3n) is 2.74. The second-order valence-corrected chi connectivity index (χ2v) is 5.89. The van der Waals surface area contributed by atoms with Gasteiger partial charge in [-0.3, -0.25) is 0 Å². The van der Waals surface area contributed by atoms with Crippen LogP contribution in [0.15, 0.2) is 57.0 Å². The molecule has 2 nitrogen and oxygen atoms in total. The Hall–Kier alpha value is -0.840. The maximum atomic E-state index is 4.41. The van der Waals surface area contributed by atoms with E-state index in [2.05, 4.69) is 45.3 Å². The summed E-state index contributed by atoms with van der Waals surface area (Å²) < 4.78 is 1.10. The summed E-state index contributed by atoms with van der Waals surface area (Å²) in [4.78, 5) is 5.59. The lowest BCUT2D eigenvalue weighted by Crippen LogP contribution is -2.12. The molecule has 0 fully saturated rings. The Morgan fingerprint density at radius 2 is 2.06 bits per heavy atom. The van der Waals surface area contributed by atoms with Crippen LogP contribution in [0.5, 0.6) is 0 Å². The van der Waals surface area contributed by atoms with Crippen LogP contribution >= 0.6 is 27.7 Å². The molecule has 0 aliphatic heterocycles. The molecule has 0 saturated heterocycles. The summed E-state index contributed by atoms with van der Waals surface area (Å²) in [6.45, 7) is 2.14. The number of aromatic nitrogens is 1. The van der Waals surface area contributed by atoms with Crippen molar-refractivity contribution in [2.75, 3.05) is 7.05 Å². The predicted molar refractivity (Wildman–Crippen MR) is 80.0 cm³/mol. The van der Waals surface area contributed by atoms with Crippen LogP contribution in [-0.2, 0) is 0 Å². The fraction of sp³-hybridized carbons (Fsp3) is 0.214. The number of pyridine rings is 1. The first-order valence-electron chi connectivity index (χ1n) is 5.76. The lowest BCUT2D eigenvalue weighted by atomic mass is 10.1. The van der Waals surface area contributed by atoms with Gasteiger partial charge in [0.1, 0.15) is 5.03 Å². The molecule has 2 rings (SSSR count). The van der Waals surface area contributed by atoms with Crippen LogP contribution in [0, 0.1) is 0 Å². The largest absolute Gasteiger partial charge is 0.313 e. The van der Waals surface area contributed by atoms with Crippen LogP contribution < -0.4 is 5.32 Å². The summed E-state index contributed by atoms with van der Waals surface area (Å²) in [7, 11) is 1.96. The fourth-order valence-electron chi connectivity index (χ4n) is 1.56. The summed E-state index contributed by atoms with van der Waals surface area (Å²) >= 11 is 5.22. The Labute approximate surface area is 120 Å². The van der Waals surface area contributed by atoms with E-state index in [1.54, 1.807) is 11.8 Å². The molecule has 94 valence electrons. The quantitative estimate of drug-likeness (QED) is 0.909. The topological polar surface area (TPSA) is 24.9 Å². The number of nitrogens with zero attached hydrogens (tertiary/aromatic N) is 1. The van der Waals surface area contributed by atoms with Gasteiger partial charge >= 0.3 is 0 Å². The van der Waals surface area contributed by atoms with Crippen LogP contribution in [0.25, 0.3) is 0 Å². The first kappa shape index (κ1) is 13.6. The van der Waals surface area contributed by atoms with Gasteiger partial charge in [-0.05, 0) is 59.7 Å². The molecule has 1 N–H and O–H groups in total. The molecule has 1 aromatic heterocycles. The van der Waals surface area contributed by atoms with Gasteiger partial charge in [0.05, 0.1) is 0 Å². The summed E-state index contributed by atoms with van der Waals surface area (Å²) in [5.41, 5.74) is 1.25. The molecule has 0 spiro atoms. The van der Waals surface area contributed by atoms with E-state index in [1.807, 2.05) is 37.5 Å². The van der Waals surface area contributed by atoms with Crippen LogP contribution in [-0.4, -0.2) is 12.0 Å². The Bertz CT molecular complexity index is 531. The van der Waals surface area contributed by atoms with Crippen molar-refractivity contribution in [1.82, 2.24) is 10.3 Å². The molecular weight excluding hydrogens is 308 g/mol. The normalized spacial score (nSPS) is 12.4. The Morgan fingerprint density at radius 3 is 2.78 bits per heavy atom. The minimum Gasteiger partial charge on any atom is -0.313 e. The standard InChI is InChI=1S/C14H15BrN2S/c1-10(16-2)11-7-8-17-14(9-11)18-13-6-4-3-5-12(13)15/h3-10,16H,1-2H3. The zero-order valence-electron chi connectivity index (χ0n) is 10.4. The summed E-state index contributed by atoms with van der Waals surface area (Å²) in [5, 5.41) is 4.25. The van der Waals surface area contributed by atoms with E-state index in [-0.39, 0.29) is 0 Å². The van der Waals surface area contributed by atoms with Gasteiger partial charge in [0.2, 0.25) is 0 Å². The second kappa shape index (κ2) is 6.36. The minimum atomic E-state index is 0.339. The highest BCUT2D eigenvalue weighted by Crippen LogP contribution is 2.32. The van der Waals surface area contributed by atoms with Crippen LogP contribution in [0.1, 0.15) is 18.5 Å². The molecule has 0 radical (unpaired) electrons. The van der Waals surface area contributed by atoms with E-state index in [4.69, 9.17) is 0 Å². The molecule has 1 atom stereocenters. The fourth-order valence-corrected chi connectivity index (χ4v) is 2.93. The van der Waals surface area contributed by atoms with Crippen molar-refractivity contribution < 1.29 is 0 Å². The van der Waals surface area contributed by atoms with Crippen molar-refractivity contribution in [2.24, 2.45) is 0 Å². The van der Waals surface area contributed by atoms with Gasteiger partial charge in [0, 0.05) is 21.6 Å². The molecule has 0 aliphatic carbocycles. The Morgan fingerprint density at radius 1 is 1.28 bits per heavy atom. The van der Waals surface area contributed by atoms with Gasteiger partial charge in [-0.25, -0.2) is 4.98 Å². The maximum absolute atomic E-state index is 4.41. The number of halogens is 1. The van der Waals surface area contributed by atoms with Gasteiger partial charge in [-0.1, -0.05) is 23.9 Å². The summed E-state index contributed by atoms with van der Waals surface area (Å²) in [5.74, 6) is 0. The highest BCUT2D eigenvalue weighted by Gasteiger charge is 2.06. The molecule has 1 unspecified atom stereocenters. The van der Waals surface area contributed by atoms with Crippen LogP contribution in [0.3, 0.4) is 0 Å². The van der Waals surface area contributed by atoms with E-state index < -0.39 is 0 Å². The third kappa shape index (κ3) is 3.34. The van der Waals surface area contributed by atoms with Crippen molar-refractivity contribution in [3.63, 3.8) is 0 Å². The first-order valence-corrected chi connectivity index (χ1v) is 7.37. The van der Waals surface area contributed by atoms with Crippen molar-refractivity contribution in [2.45, 2.75) is 22.9 Å². The van der Waals surface area contributed by atoms with E-state index in [0.29, 0.717) is 6.04 Å².